The third-order valence-electron chi connectivity index (χ3n) is 3.86. The molecule has 5 heteroatoms. The van der Waals surface area contributed by atoms with Gasteiger partial charge in [-0.05, 0) is 36.2 Å². The zero-order valence-electron chi connectivity index (χ0n) is 12.6. The van der Waals surface area contributed by atoms with Gasteiger partial charge in [0.05, 0.1) is 6.26 Å². The number of hydrogen-bond acceptors (Lipinski definition) is 2. The molecule has 2 N–H and O–H groups in total. The van der Waals surface area contributed by atoms with Crippen LogP contribution in [0.2, 0.25) is 5.02 Å². The zero-order chi connectivity index (χ0) is 15.4. The minimum Gasteiger partial charge on any atom is -0.469 e. The SMILES string of the molecule is CN=C(NCCc1ccco1)NC1CC1c1cccc(Cl)c1. The zero-order valence-corrected chi connectivity index (χ0v) is 13.3. The lowest BCUT2D eigenvalue weighted by atomic mass is 10.1. The molecule has 0 spiro atoms. The smallest absolute Gasteiger partial charge is 0.191 e. The summed E-state index contributed by atoms with van der Waals surface area (Å²) < 4.78 is 5.32. The standard InChI is InChI=1S/C17H20ClN3O/c1-19-17(20-8-7-14-6-3-9-22-14)21-16-11-15(16)12-4-2-5-13(18)10-12/h2-6,9-10,15-16H,7-8,11H2,1H3,(H2,19,20,21). The molecule has 4 nitrogen and oxygen atoms in total. The average Bonchev–Trinajstić information content (AvgIpc) is 3.09. The summed E-state index contributed by atoms with van der Waals surface area (Å²) in [5.41, 5.74) is 1.29. The number of hydrogen-bond donors (Lipinski definition) is 2. The summed E-state index contributed by atoms with van der Waals surface area (Å²) in [4.78, 5) is 4.27. The van der Waals surface area contributed by atoms with Crippen LogP contribution in [0.3, 0.4) is 0 Å². The third-order valence-corrected chi connectivity index (χ3v) is 4.09. The summed E-state index contributed by atoms with van der Waals surface area (Å²) in [5, 5.41) is 7.56. The van der Waals surface area contributed by atoms with Crippen molar-refractivity contribution >= 4 is 17.6 Å². The van der Waals surface area contributed by atoms with E-state index in [0.717, 1.165) is 36.1 Å². The van der Waals surface area contributed by atoms with Gasteiger partial charge in [0.1, 0.15) is 5.76 Å². The Morgan fingerprint density at radius 2 is 2.27 bits per heavy atom. The molecule has 0 radical (unpaired) electrons. The fourth-order valence-corrected chi connectivity index (χ4v) is 2.79. The Kier molecular flexibility index (Phi) is 4.68. The van der Waals surface area contributed by atoms with Crippen LogP contribution in [0.5, 0.6) is 0 Å². The molecule has 0 aliphatic heterocycles. The fourth-order valence-electron chi connectivity index (χ4n) is 2.59. The van der Waals surface area contributed by atoms with Crippen molar-refractivity contribution in [2.45, 2.75) is 24.8 Å². The van der Waals surface area contributed by atoms with Gasteiger partial charge in [-0.25, -0.2) is 0 Å². The lowest BCUT2D eigenvalue weighted by Crippen LogP contribution is -2.39. The van der Waals surface area contributed by atoms with Crippen molar-refractivity contribution in [2.24, 2.45) is 4.99 Å². The minimum atomic E-state index is 0.424. The predicted molar refractivity (Wildman–Crippen MR) is 89.5 cm³/mol. The first-order chi connectivity index (χ1) is 10.8. The molecule has 2 atom stereocenters. The molecule has 1 aromatic heterocycles. The van der Waals surface area contributed by atoms with E-state index >= 15 is 0 Å². The van der Waals surface area contributed by atoms with Crippen LogP contribution >= 0.6 is 11.6 Å². The van der Waals surface area contributed by atoms with Crippen molar-refractivity contribution in [1.82, 2.24) is 10.6 Å². The number of guanidine groups is 1. The number of benzene rings is 1. The van der Waals surface area contributed by atoms with E-state index in [2.05, 4.69) is 21.7 Å². The lowest BCUT2D eigenvalue weighted by molar-refractivity contribution is 0.506. The van der Waals surface area contributed by atoms with Gasteiger partial charge in [0.25, 0.3) is 0 Å². The molecule has 1 heterocycles. The van der Waals surface area contributed by atoms with Crippen LogP contribution in [0, 0.1) is 0 Å². The van der Waals surface area contributed by atoms with E-state index < -0.39 is 0 Å². The Hall–Kier alpha value is -1.94. The van der Waals surface area contributed by atoms with Crippen molar-refractivity contribution in [3.8, 4) is 0 Å². The molecule has 0 amide bonds. The molecule has 3 rings (SSSR count). The van der Waals surface area contributed by atoms with Crippen molar-refractivity contribution in [1.29, 1.82) is 0 Å². The van der Waals surface area contributed by atoms with Gasteiger partial charge in [-0.15, -0.1) is 0 Å². The first-order valence-electron chi connectivity index (χ1n) is 7.51. The number of nitrogens with zero attached hydrogens (tertiary/aromatic N) is 1. The van der Waals surface area contributed by atoms with Gasteiger partial charge in [0.2, 0.25) is 0 Å². The van der Waals surface area contributed by atoms with Crippen LogP contribution in [0.1, 0.15) is 23.7 Å². The Morgan fingerprint density at radius 1 is 1.36 bits per heavy atom. The van der Waals surface area contributed by atoms with E-state index in [1.54, 1.807) is 13.3 Å². The van der Waals surface area contributed by atoms with Gasteiger partial charge in [-0.2, -0.15) is 0 Å². The normalized spacial score (nSPS) is 20.7. The van der Waals surface area contributed by atoms with Crippen LogP contribution < -0.4 is 10.6 Å². The van der Waals surface area contributed by atoms with E-state index in [4.69, 9.17) is 16.0 Å². The number of furan rings is 1. The van der Waals surface area contributed by atoms with Gasteiger partial charge >= 0.3 is 0 Å². The second-order valence-corrected chi connectivity index (χ2v) is 5.91. The fraction of sp³-hybridized carbons (Fsp3) is 0.353. The molecule has 22 heavy (non-hydrogen) atoms. The largest absolute Gasteiger partial charge is 0.469 e. The maximum atomic E-state index is 6.05. The highest BCUT2D eigenvalue weighted by Gasteiger charge is 2.39. The first-order valence-corrected chi connectivity index (χ1v) is 7.89. The Balaban J connectivity index is 1.46. The Labute approximate surface area is 135 Å². The summed E-state index contributed by atoms with van der Waals surface area (Å²) in [6.45, 7) is 0.793. The molecule has 1 saturated carbocycles. The highest BCUT2D eigenvalue weighted by atomic mass is 35.5. The van der Waals surface area contributed by atoms with E-state index in [0.29, 0.717) is 12.0 Å². The van der Waals surface area contributed by atoms with E-state index in [9.17, 15) is 0 Å². The quantitative estimate of drug-likeness (QED) is 0.657. The van der Waals surface area contributed by atoms with Gasteiger partial charge in [0, 0.05) is 37.0 Å². The highest BCUT2D eigenvalue weighted by molar-refractivity contribution is 6.30. The molecule has 1 fully saturated rings. The maximum Gasteiger partial charge on any atom is 0.191 e. The molecular weight excluding hydrogens is 298 g/mol. The van der Waals surface area contributed by atoms with Gasteiger partial charge in [0.15, 0.2) is 5.96 Å². The predicted octanol–water partition coefficient (Wildman–Crippen LogP) is 3.20. The summed E-state index contributed by atoms with van der Waals surface area (Å²) in [5.74, 6) is 2.33. The Morgan fingerprint density at radius 3 is 3.00 bits per heavy atom. The molecule has 1 aromatic carbocycles. The monoisotopic (exact) mass is 317 g/mol. The molecule has 116 valence electrons. The van der Waals surface area contributed by atoms with Gasteiger partial charge in [-0.1, -0.05) is 23.7 Å². The van der Waals surface area contributed by atoms with Crippen LogP contribution in [-0.2, 0) is 6.42 Å². The molecule has 1 aliphatic rings. The lowest BCUT2D eigenvalue weighted by Gasteiger charge is -2.11. The average molecular weight is 318 g/mol. The van der Waals surface area contributed by atoms with Crippen LogP contribution in [0.15, 0.2) is 52.1 Å². The van der Waals surface area contributed by atoms with Crippen LogP contribution in [0.4, 0.5) is 0 Å². The topological polar surface area (TPSA) is 49.6 Å². The molecule has 1 aliphatic carbocycles. The van der Waals surface area contributed by atoms with Crippen molar-refractivity contribution in [3.63, 3.8) is 0 Å². The summed E-state index contributed by atoms with van der Waals surface area (Å²) in [7, 11) is 1.79. The van der Waals surface area contributed by atoms with Crippen molar-refractivity contribution < 1.29 is 4.42 Å². The Bertz CT molecular complexity index is 639. The van der Waals surface area contributed by atoms with Crippen molar-refractivity contribution in [2.75, 3.05) is 13.6 Å². The third kappa shape index (κ3) is 3.83. The maximum absolute atomic E-state index is 6.05. The summed E-state index contributed by atoms with van der Waals surface area (Å²) in [6, 6.07) is 12.4. The van der Waals surface area contributed by atoms with Crippen molar-refractivity contribution in [3.05, 3.63) is 59.0 Å². The van der Waals surface area contributed by atoms with E-state index in [-0.39, 0.29) is 0 Å². The van der Waals surface area contributed by atoms with E-state index in [1.165, 1.54) is 5.56 Å². The number of halogens is 1. The van der Waals surface area contributed by atoms with Gasteiger partial charge < -0.3 is 15.1 Å². The number of rotatable bonds is 5. The first kappa shape index (κ1) is 15.0. The molecular formula is C17H20ClN3O. The summed E-state index contributed by atoms with van der Waals surface area (Å²) >= 11 is 6.05. The molecule has 2 aromatic rings. The van der Waals surface area contributed by atoms with Gasteiger partial charge in [-0.3, -0.25) is 4.99 Å². The van der Waals surface area contributed by atoms with Crippen LogP contribution in [0.25, 0.3) is 0 Å². The highest BCUT2D eigenvalue weighted by Crippen LogP contribution is 2.41. The van der Waals surface area contributed by atoms with E-state index in [1.807, 2.05) is 30.3 Å². The second kappa shape index (κ2) is 6.88. The molecule has 2 unspecified atom stereocenters. The minimum absolute atomic E-state index is 0.424. The number of nitrogens with one attached hydrogen (secondary N) is 2. The summed E-state index contributed by atoms with van der Waals surface area (Å²) in [6.07, 6.45) is 3.65. The molecule has 0 saturated heterocycles. The second-order valence-electron chi connectivity index (χ2n) is 5.48. The van der Waals surface area contributed by atoms with Crippen LogP contribution in [-0.4, -0.2) is 25.6 Å². The molecule has 0 bridgehead atoms. The number of aliphatic imine (C=N–C) groups is 1.